The molecule has 2 rings (SSSR count). The Morgan fingerprint density at radius 1 is 1.33 bits per heavy atom. The number of nitriles is 1. The monoisotopic (exact) mass is 396 g/mol. The fraction of sp³-hybridized carbons (Fsp3) is 0.700. The highest BCUT2D eigenvalue weighted by atomic mass is 35.5. The zero-order valence-corrected chi connectivity index (χ0v) is 18.1. The van der Waals surface area contributed by atoms with Crippen molar-refractivity contribution in [2.24, 2.45) is 5.92 Å². The summed E-state index contributed by atoms with van der Waals surface area (Å²) in [6.45, 7) is 10.2. The van der Waals surface area contributed by atoms with Crippen LogP contribution in [0.25, 0.3) is 0 Å². The van der Waals surface area contributed by atoms with E-state index >= 15 is 0 Å². The number of hydrogen-bond donors (Lipinski definition) is 0. The number of piperidine rings is 1. The first-order valence-corrected chi connectivity index (χ1v) is 10.0. The minimum absolute atomic E-state index is 0.147. The second-order valence-electron chi connectivity index (χ2n) is 5.92. The van der Waals surface area contributed by atoms with Gasteiger partial charge < -0.3 is 14.4 Å². The Labute approximate surface area is 168 Å². The number of carbonyl (C=O) groups is 1. The fourth-order valence-corrected chi connectivity index (χ4v) is 2.83. The maximum atomic E-state index is 10.8. The molecule has 1 aliphatic heterocycles. The number of anilines is 1. The Hall–Kier alpha value is -1.71. The quantitative estimate of drug-likeness (QED) is 0.524. The van der Waals surface area contributed by atoms with Crippen molar-refractivity contribution < 1.29 is 9.53 Å². The summed E-state index contributed by atoms with van der Waals surface area (Å²) in [5.74, 6) is 0.854. The first kappa shape index (κ1) is 25.3. The van der Waals surface area contributed by atoms with Gasteiger partial charge in [0.15, 0.2) is 11.0 Å². The van der Waals surface area contributed by atoms with Gasteiger partial charge in [0.25, 0.3) is 0 Å². The van der Waals surface area contributed by atoms with Gasteiger partial charge in [0, 0.05) is 39.1 Å². The number of methoxy groups -OCH3 is 1. The smallest absolute Gasteiger partial charge is 0.171 e. The SMILES string of the molecule is CC.CCOC.Cc1nc(Cl)c(N2CCC(C=O)CC2)nc1CCCC#N. The molecule has 0 radical (unpaired) electrons. The van der Waals surface area contributed by atoms with Crippen LogP contribution in [0.5, 0.6) is 0 Å². The summed E-state index contributed by atoms with van der Waals surface area (Å²) in [4.78, 5) is 21.9. The highest BCUT2D eigenvalue weighted by Crippen LogP contribution is 2.27. The second-order valence-corrected chi connectivity index (χ2v) is 6.28. The predicted octanol–water partition coefficient (Wildman–Crippen LogP) is 4.38. The molecule has 7 heteroatoms. The van der Waals surface area contributed by atoms with Crippen LogP contribution in [0.4, 0.5) is 5.82 Å². The third kappa shape index (κ3) is 9.16. The number of aldehydes is 1. The lowest BCUT2D eigenvalue weighted by Gasteiger charge is -2.31. The summed E-state index contributed by atoms with van der Waals surface area (Å²) in [6, 6.07) is 2.14. The lowest BCUT2D eigenvalue weighted by molar-refractivity contribution is -0.111. The van der Waals surface area contributed by atoms with E-state index < -0.39 is 0 Å². The van der Waals surface area contributed by atoms with E-state index in [4.69, 9.17) is 16.9 Å². The van der Waals surface area contributed by atoms with E-state index in [0.29, 0.717) is 17.4 Å². The first-order valence-electron chi connectivity index (χ1n) is 9.66. The van der Waals surface area contributed by atoms with E-state index in [1.54, 1.807) is 7.11 Å². The summed E-state index contributed by atoms with van der Waals surface area (Å²) >= 11 is 6.23. The van der Waals surface area contributed by atoms with Gasteiger partial charge in [-0.3, -0.25) is 0 Å². The average molecular weight is 397 g/mol. The summed E-state index contributed by atoms with van der Waals surface area (Å²) in [6.07, 6.45) is 4.73. The van der Waals surface area contributed by atoms with E-state index in [-0.39, 0.29) is 5.92 Å². The molecule has 1 aromatic heterocycles. The molecule has 0 spiro atoms. The van der Waals surface area contributed by atoms with E-state index in [9.17, 15) is 4.79 Å². The molecule has 0 saturated carbocycles. The number of rotatable bonds is 6. The van der Waals surface area contributed by atoms with Gasteiger partial charge in [0.05, 0.1) is 17.5 Å². The minimum atomic E-state index is 0.147. The summed E-state index contributed by atoms with van der Waals surface area (Å²) in [5, 5.41) is 9.04. The number of halogens is 1. The third-order valence-electron chi connectivity index (χ3n) is 4.13. The van der Waals surface area contributed by atoms with Crippen LogP contribution in [-0.4, -0.2) is 43.1 Å². The van der Waals surface area contributed by atoms with Crippen molar-refractivity contribution in [2.75, 3.05) is 31.7 Å². The second kappa shape index (κ2) is 15.4. The van der Waals surface area contributed by atoms with Gasteiger partial charge in [-0.05, 0) is 39.5 Å². The molecule has 27 heavy (non-hydrogen) atoms. The maximum Gasteiger partial charge on any atom is 0.171 e. The van der Waals surface area contributed by atoms with Crippen LogP contribution >= 0.6 is 11.6 Å². The number of unbranched alkanes of at least 4 members (excludes halogenated alkanes) is 1. The van der Waals surface area contributed by atoms with E-state index in [1.165, 1.54) is 0 Å². The van der Waals surface area contributed by atoms with Gasteiger partial charge in [-0.1, -0.05) is 25.4 Å². The molecule has 1 aromatic rings. The van der Waals surface area contributed by atoms with Crippen molar-refractivity contribution >= 4 is 23.7 Å². The van der Waals surface area contributed by atoms with Crippen molar-refractivity contribution in [2.45, 2.75) is 59.8 Å². The molecule has 0 atom stereocenters. The van der Waals surface area contributed by atoms with Crippen LogP contribution in [-0.2, 0) is 16.0 Å². The molecular formula is C20H33ClN4O2. The Kier molecular flexibility index (Phi) is 14.4. The molecule has 1 aliphatic rings. The van der Waals surface area contributed by atoms with E-state index in [0.717, 1.165) is 63.1 Å². The van der Waals surface area contributed by atoms with Gasteiger partial charge >= 0.3 is 0 Å². The van der Waals surface area contributed by atoms with E-state index in [1.807, 2.05) is 27.7 Å². The lowest BCUT2D eigenvalue weighted by Crippen LogP contribution is -2.35. The lowest BCUT2D eigenvalue weighted by atomic mass is 9.99. The number of hydrogen-bond acceptors (Lipinski definition) is 6. The molecule has 152 valence electrons. The number of ether oxygens (including phenoxy) is 1. The fourth-order valence-electron chi connectivity index (χ4n) is 2.54. The molecule has 0 amide bonds. The molecular weight excluding hydrogens is 364 g/mol. The number of carbonyl (C=O) groups excluding carboxylic acids is 1. The Bertz CT molecular complexity index is 580. The number of nitrogens with zero attached hydrogens (tertiary/aromatic N) is 4. The van der Waals surface area contributed by atoms with Crippen LogP contribution < -0.4 is 4.90 Å². The van der Waals surface area contributed by atoms with E-state index in [2.05, 4.69) is 25.7 Å². The predicted molar refractivity (Wildman–Crippen MR) is 110 cm³/mol. The normalized spacial score (nSPS) is 13.6. The standard InChI is InChI=1S/C15H19ClN4O.C3H8O.C2H6/c1-11-13(4-2-3-7-17)19-15(14(16)18-11)20-8-5-12(10-21)6-9-20;1-3-4-2;1-2/h10,12H,2-6,8-9H2,1H3;3H2,1-2H3;1-2H3. The zero-order valence-electron chi connectivity index (χ0n) is 17.3. The summed E-state index contributed by atoms with van der Waals surface area (Å²) < 4.78 is 4.54. The van der Waals surface area contributed by atoms with Crippen molar-refractivity contribution in [1.82, 2.24) is 9.97 Å². The zero-order chi connectivity index (χ0) is 20.7. The van der Waals surface area contributed by atoms with Crippen molar-refractivity contribution in [3.8, 4) is 6.07 Å². The topological polar surface area (TPSA) is 79.1 Å². The molecule has 6 nitrogen and oxygen atoms in total. The Morgan fingerprint density at radius 2 is 1.93 bits per heavy atom. The van der Waals surface area contributed by atoms with Gasteiger partial charge in [0.1, 0.15) is 6.29 Å². The first-order chi connectivity index (χ1) is 13.1. The average Bonchev–Trinajstić information content (AvgIpc) is 2.71. The largest absolute Gasteiger partial charge is 0.385 e. The van der Waals surface area contributed by atoms with Gasteiger partial charge in [-0.25, -0.2) is 9.97 Å². The molecule has 2 heterocycles. The highest BCUT2D eigenvalue weighted by Gasteiger charge is 2.22. The Balaban J connectivity index is 0.000000998. The van der Waals surface area contributed by atoms with Crippen LogP contribution in [0.1, 0.15) is 57.8 Å². The molecule has 1 saturated heterocycles. The molecule has 0 aromatic carbocycles. The molecule has 0 aliphatic carbocycles. The summed E-state index contributed by atoms with van der Waals surface area (Å²) in [5.41, 5.74) is 1.73. The van der Waals surface area contributed by atoms with Crippen molar-refractivity contribution in [3.63, 3.8) is 0 Å². The molecule has 1 fully saturated rings. The van der Waals surface area contributed by atoms with Gasteiger partial charge in [-0.2, -0.15) is 5.26 Å². The molecule has 0 bridgehead atoms. The third-order valence-corrected chi connectivity index (χ3v) is 4.38. The Morgan fingerprint density at radius 3 is 2.41 bits per heavy atom. The van der Waals surface area contributed by atoms with Crippen molar-refractivity contribution in [3.05, 3.63) is 16.5 Å². The van der Waals surface area contributed by atoms with Gasteiger partial charge in [-0.15, -0.1) is 0 Å². The van der Waals surface area contributed by atoms with Crippen molar-refractivity contribution in [1.29, 1.82) is 5.26 Å². The maximum absolute atomic E-state index is 10.8. The number of aromatic nitrogens is 2. The summed E-state index contributed by atoms with van der Waals surface area (Å²) in [7, 11) is 1.68. The van der Waals surface area contributed by atoms with Crippen LogP contribution in [0, 0.1) is 24.2 Å². The molecule has 0 N–H and O–H groups in total. The minimum Gasteiger partial charge on any atom is -0.385 e. The molecule has 0 unspecified atom stereocenters. The highest BCUT2D eigenvalue weighted by molar-refractivity contribution is 6.31. The number of aryl methyl sites for hydroxylation is 2. The van der Waals surface area contributed by atoms with Crippen LogP contribution in [0.15, 0.2) is 0 Å². The van der Waals surface area contributed by atoms with Gasteiger partial charge in [0.2, 0.25) is 0 Å². The van der Waals surface area contributed by atoms with Crippen LogP contribution in [0.3, 0.4) is 0 Å². The van der Waals surface area contributed by atoms with Crippen LogP contribution in [0.2, 0.25) is 5.15 Å².